The minimum Gasteiger partial charge on any atom is -0.349 e. The van der Waals surface area contributed by atoms with E-state index in [1.54, 1.807) is 0 Å². The first-order valence-corrected chi connectivity index (χ1v) is 8.38. The van der Waals surface area contributed by atoms with Gasteiger partial charge < -0.3 is 10.6 Å². The maximum Gasteiger partial charge on any atom is 0.220 e. The molecular weight excluding hydrogens is 296 g/mol. The SMILES string of the molecule is Cl.O=C(CCC1CCNCC1)NC(c1ccccc1)C1CC1. The Hall–Kier alpha value is -1.06. The van der Waals surface area contributed by atoms with Crippen molar-refractivity contribution in [2.45, 2.75) is 44.6 Å². The van der Waals surface area contributed by atoms with Crippen molar-refractivity contribution >= 4 is 18.3 Å². The summed E-state index contributed by atoms with van der Waals surface area (Å²) in [7, 11) is 0. The number of amides is 1. The first kappa shape index (κ1) is 17.3. The summed E-state index contributed by atoms with van der Waals surface area (Å²) in [5, 5.41) is 6.66. The molecular formula is C18H27ClN2O. The molecule has 1 amide bonds. The molecule has 1 heterocycles. The third kappa shape index (κ3) is 4.99. The maximum absolute atomic E-state index is 12.3. The van der Waals surface area contributed by atoms with Crippen LogP contribution in [0.2, 0.25) is 0 Å². The predicted octanol–water partition coefficient (Wildman–Crippen LogP) is 3.46. The second kappa shape index (κ2) is 8.54. The first-order chi connectivity index (χ1) is 10.3. The highest BCUT2D eigenvalue weighted by Crippen LogP contribution is 2.41. The topological polar surface area (TPSA) is 41.1 Å². The van der Waals surface area contributed by atoms with Crippen molar-refractivity contribution in [3.05, 3.63) is 35.9 Å². The number of hydrogen-bond acceptors (Lipinski definition) is 2. The smallest absolute Gasteiger partial charge is 0.220 e. The van der Waals surface area contributed by atoms with Crippen molar-refractivity contribution in [3.63, 3.8) is 0 Å². The molecule has 4 heteroatoms. The van der Waals surface area contributed by atoms with Gasteiger partial charge in [0.25, 0.3) is 0 Å². The number of carbonyl (C=O) groups excluding carboxylic acids is 1. The van der Waals surface area contributed by atoms with E-state index in [9.17, 15) is 4.79 Å². The number of carbonyl (C=O) groups is 1. The van der Waals surface area contributed by atoms with Gasteiger partial charge in [0.2, 0.25) is 5.91 Å². The van der Waals surface area contributed by atoms with Crippen LogP contribution >= 0.6 is 12.4 Å². The van der Waals surface area contributed by atoms with Crippen LogP contribution in [0.15, 0.2) is 30.3 Å². The lowest BCUT2D eigenvalue weighted by Crippen LogP contribution is -2.31. The molecule has 0 aromatic heterocycles. The molecule has 1 aromatic carbocycles. The fourth-order valence-electron chi connectivity index (χ4n) is 3.31. The quantitative estimate of drug-likeness (QED) is 0.842. The van der Waals surface area contributed by atoms with Crippen molar-refractivity contribution in [2.24, 2.45) is 11.8 Å². The van der Waals surface area contributed by atoms with E-state index in [1.807, 2.05) is 6.07 Å². The molecule has 0 spiro atoms. The molecule has 1 saturated heterocycles. The van der Waals surface area contributed by atoms with Crippen LogP contribution < -0.4 is 10.6 Å². The fourth-order valence-corrected chi connectivity index (χ4v) is 3.31. The lowest BCUT2D eigenvalue weighted by atomic mass is 9.93. The van der Waals surface area contributed by atoms with Gasteiger partial charge in [-0.25, -0.2) is 0 Å². The van der Waals surface area contributed by atoms with Gasteiger partial charge in [0.05, 0.1) is 6.04 Å². The molecule has 1 unspecified atom stereocenters. The Labute approximate surface area is 139 Å². The summed E-state index contributed by atoms with van der Waals surface area (Å²) in [6, 6.07) is 10.7. The van der Waals surface area contributed by atoms with Gasteiger partial charge in [-0.1, -0.05) is 30.3 Å². The summed E-state index contributed by atoms with van der Waals surface area (Å²) in [6.07, 6.45) is 6.65. The van der Waals surface area contributed by atoms with Gasteiger partial charge in [0.15, 0.2) is 0 Å². The molecule has 2 fully saturated rings. The number of hydrogen-bond donors (Lipinski definition) is 2. The van der Waals surface area contributed by atoms with Crippen LogP contribution in [0.3, 0.4) is 0 Å². The Balaban J connectivity index is 0.00000176. The highest BCUT2D eigenvalue weighted by Gasteiger charge is 2.33. The van der Waals surface area contributed by atoms with E-state index in [2.05, 4.69) is 34.9 Å². The Morgan fingerprint density at radius 3 is 2.45 bits per heavy atom. The zero-order valence-electron chi connectivity index (χ0n) is 13.1. The summed E-state index contributed by atoms with van der Waals surface area (Å²) in [5.74, 6) is 1.61. The van der Waals surface area contributed by atoms with Crippen molar-refractivity contribution in [3.8, 4) is 0 Å². The standard InChI is InChI=1S/C18H26N2O.ClH/c21-17(9-6-14-10-12-19-13-11-14)20-18(16-7-8-16)15-4-2-1-3-5-15;/h1-5,14,16,18-19H,6-13H2,(H,20,21);1H. The average Bonchev–Trinajstić information content (AvgIpc) is 3.37. The summed E-state index contributed by atoms with van der Waals surface area (Å²) in [6.45, 7) is 2.22. The largest absolute Gasteiger partial charge is 0.349 e. The van der Waals surface area contributed by atoms with Crippen molar-refractivity contribution in [1.82, 2.24) is 10.6 Å². The van der Waals surface area contributed by atoms with E-state index in [1.165, 1.54) is 31.2 Å². The van der Waals surface area contributed by atoms with Crippen LogP contribution in [0.5, 0.6) is 0 Å². The molecule has 1 aromatic rings. The molecule has 2 aliphatic rings. The molecule has 2 N–H and O–H groups in total. The molecule has 1 saturated carbocycles. The normalized spacial score (nSPS) is 20.0. The minimum atomic E-state index is 0. The molecule has 1 atom stereocenters. The molecule has 1 aliphatic carbocycles. The van der Waals surface area contributed by atoms with Gasteiger partial charge in [-0.2, -0.15) is 0 Å². The number of rotatable bonds is 6. The van der Waals surface area contributed by atoms with Gasteiger partial charge in [-0.15, -0.1) is 12.4 Å². The van der Waals surface area contributed by atoms with E-state index >= 15 is 0 Å². The highest BCUT2D eigenvalue weighted by atomic mass is 35.5. The lowest BCUT2D eigenvalue weighted by molar-refractivity contribution is -0.122. The minimum absolute atomic E-state index is 0. The van der Waals surface area contributed by atoms with E-state index in [0.717, 1.165) is 25.4 Å². The van der Waals surface area contributed by atoms with Gasteiger partial charge in [-0.05, 0) is 62.6 Å². The maximum atomic E-state index is 12.3. The van der Waals surface area contributed by atoms with Crippen molar-refractivity contribution < 1.29 is 4.79 Å². The monoisotopic (exact) mass is 322 g/mol. The third-order valence-corrected chi connectivity index (χ3v) is 4.81. The Bertz CT molecular complexity index is 455. The van der Waals surface area contributed by atoms with Gasteiger partial charge >= 0.3 is 0 Å². The molecule has 3 nitrogen and oxygen atoms in total. The second-order valence-electron chi connectivity index (χ2n) is 6.53. The highest BCUT2D eigenvalue weighted by molar-refractivity contribution is 5.85. The Morgan fingerprint density at radius 1 is 1.14 bits per heavy atom. The molecule has 0 bridgehead atoms. The van der Waals surface area contributed by atoms with Crippen LogP contribution in [0.4, 0.5) is 0 Å². The number of nitrogens with one attached hydrogen (secondary N) is 2. The van der Waals surface area contributed by atoms with E-state index in [0.29, 0.717) is 12.3 Å². The lowest BCUT2D eigenvalue weighted by Gasteiger charge is -2.23. The summed E-state index contributed by atoms with van der Waals surface area (Å²) < 4.78 is 0. The van der Waals surface area contributed by atoms with Gasteiger partial charge in [0, 0.05) is 6.42 Å². The summed E-state index contributed by atoms with van der Waals surface area (Å²) in [4.78, 5) is 12.3. The van der Waals surface area contributed by atoms with Crippen LogP contribution in [0.1, 0.15) is 50.1 Å². The Morgan fingerprint density at radius 2 is 1.82 bits per heavy atom. The van der Waals surface area contributed by atoms with Crippen LogP contribution in [-0.4, -0.2) is 19.0 Å². The first-order valence-electron chi connectivity index (χ1n) is 8.38. The zero-order chi connectivity index (χ0) is 14.5. The van der Waals surface area contributed by atoms with Gasteiger partial charge in [0.1, 0.15) is 0 Å². The van der Waals surface area contributed by atoms with Crippen molar-refractivity contribution in [1.29, 1.82) is 0 Å². The predicted molar refractivity (Wildman–Crippen MR) is 92.1 cm³/mol. The second-order valence-corrected chi connectivity index (χ2v) is 6.53. The average molecular weight is 323 g/mol. The summed E-state index contributed by atoms with van der Waals surface area (Å²) in [5.41, 5.74) is 1.26. The van der Waals surface area contributed by atoms with E-state index in [-0.39, 0.29) is 24.4 Å². The van der Waals surface area contributed by atoms with E-state index < -0.39 is 0 Å². The number of benzene rings is 1. The van der Waals surface area contributed by atoms with Crippen molar-refractivity contribution in [2.75, 3.05) is 13.1 Å². The fraction of sp³-hybridized carbons (Fsp3) is 0.611. The van der Waals surface area contributed by atoms with Gasteiger partial charge in [-0.3, -0.25) is 4.79 Å². The molecule has 1 aliphatic heterocycles. The molecule has 0 radical (unpaired) electrons. The number of halogens is 1. The Kier molecular flexibility index (Phi) is 6.71. The zero-order valence-corrected chi connectivity index (χ0v) is 13.9. The molecule has 22 heavy (non-hydrogen) atoms. The number of piperidine rings is 1. The van der Waals surface area contributed by atoms with Crippen LogP contribution in [-0.2, 0) is 4.79 Å². The molecule has 3 rings (SSSR count). The third-order valence-electron chi connectivity index (χ3n) is 4.81. The van der Waals surface area contributed by atoms with Crippen LogP contribution in [0, 0.1) is 11.8 Å². The summed E-state index contributed by atoms with van der Waals surface area (Å²) >= 11 is 0. The molecule has 122 valence electrons. The van der Waals surface area contributed by atoms with E-state index in [4.69, 9.17) is 0 Å². The van der Waals surface area contributed by atoms with Crippen LogP contribution in [0.25, 0.3) is 0 Å².